The van der Waals surface area contributed by atoms with Gasteiger partial charge in [0.05, 0.1) is 22.8 Å². The van der Waals surface area contributed by atoms with Gasteiger partial charge in [-0.2, -0.15) is 23.1 Å². The maximum atomic E-state index is 14.9. The fourth-order valence-corrected chi connectivity index (χ4v) is 6.76. The number of aliphatic imine (C=N–C) groups is 1. The first-order valence-electron chi connectivity index (χ1n) is 17.0. The highest BCUT2D eigenvalue weighted by Crippen LogP contribution is 2.49. The Balaban J connectivity index is 1.26. The summed E-state index contributed by atoms with van der Waals surface area (Å²) in [7, 11) is 0. The maximum absolute atomic E-state index is 14.9. The minimum absolute atomic E-state index is 0.0207. The Morgan fingerprint density at radius 1 is 1.11 bits per heavy atom. The summed E-state index contributed by atoms with van der Waals surface area (Å²) < 4.78 is 74.9. The number of halogens is 6. The Labute approximate surface area is 309 Å². The molecule has 20 heteroatoms. The molecule has 0 bridgehead atoms. The van der Waals surface area contributed by atoms with Crippen molar-refractivity contribution in [3.8, 4) is 17.1 Å². The number of carbonyl (C=O) groups excluding carboxylic acids is 2. The van der Waals surface area contributed by atoms with E-state index in [-0.39, 0.29) is 47.5 Å². The molecule has 2 fully saturated rings. The normalized spacial score (nSPS) is 20.3. The maximum Gasteiger partial charge on any atom is 0.411 e. The monoisotopic (exact) mass is 775 g/mol. The predicted octanol–water partition coefficient (Wildman–Crippen LogP) is 6.20. The summed E-state index contributed by atoms with van der Waals surface area (Å²) in [5.74, 6) is -1.24. The van der Waals surface area contributed by atoms with Crippen LogP contribution in [0.5, 0.6) is 0 Å². The summed E-state index contributed by atoms with van der Waals surface area (Å²) in [6, 6.07) is 9.90. The van der Waals surface area contributed by atoms with Crippen LogP contribution in [0.1, 0.15) is 88.3 Å². The molecule has 0 saturated heterocycles. The SMILES string of the molecule is CC(C)(C)C[C@]1(c2ccc(-c3nnn(C4CC4)n3)cc2)N=C(N)N([C@H](COC(=O)NC2(C(F)(F)F)CC2)c2ccc(Cl)c(-n3ncnc3C(F)F)c2)C1=O. The summed E-state index contributed by atoms with van der Waals surface area (Å²) in [5, 5.41) is 18.5. The molecule has 3 aliphatic rings. The molecular weight excluding hydrogens is 741 g/mol. The van der Waals surface area contributed by atoms with Gasteiger partial charge in [-0.25, -0.2) is 28.2 Å². The number of hydrogen-bond acceptors (Lipinski definition) is 10. The average molecular weight is 776 g/mol. The number of nitrogens with zero attached hydrogens (tertiary/aromatic N) is 9. The summed E-state index contributed by atoms with van der Waals surface area (Å²) in [6.45, 7) is 5.02. The van der Waals surface area contributed by atoms with Crippen LogP contribution in [0.25, 0.3) is 17.1 Å². The van der Waals surface area contributed by atoms with E-state index in [1.807, 2.05) is 26.1 Å². The van der Waals surface area contributed by atoms with Gasteiger partial charge < -0.3 is 15.8 Å². The van der Waals surface area contributed by atoms with Crippen molar-refractivity contribution >= 4 is 29.6 Å². The van der Waals surface area contributed by atoms with Crippen molar-refractivity contribution in [1.29, 1.82) is 0 Å². The van der Waals surface area contributed by atoms with E-state index >= 15 is 0 Å². The summed E-state index contributed by atoms with van der Waals surface area (Å²) in [5.41, 5.74) is 3.22. The molecule has 0 radical (unpaired) electrons. The lowest BCUT2D eigenvalue weighted by atomic mass is 9.75. The van der Waals surface area contributed by atoms with Crippen molar-refractivity contribution in [2.45, 2.75) is 88.6 Å². The van der Waals surface area contributed by atoms with Gasteiger partial charge in [-0.1, -0.05) is 62.7 Å². The van der Waals surface area contributed by atoms with Crippen LogP contribution < -0.4 is 11.1 Å². The fraction of sp³-hybridized carbons (Fsp3) is 0.471. The lowest BCUT2D eigenvalue weighted by molar-refractivity contribution is -0.164. The molecule has 1 aliphatic heterocycles. The minimum Gasteiger partial charge on any atom is -0.447 e. The van der Waals surface area contributed by atoms with Crippen molar-refractivity contribution in [2.75, 3.05) is 6.61 Å². The Morgan fingerprint density at radius 2 is 1.81 bits per heavy atom. The zero-order chi connectivity index (χ0) is 38.8. The van der Waals surface area contributed by atoms with Gasteiger partial charge in [-0.15, -0.1) is 10.2 Å². The molecule has 2 amide bonds. The Hall–Kier alpha value is -5.20. The number of alkyl halides is 5. The van der Waals surface area contributed by atoms with Crippen molar-refractivity contribution in [1.82, 2.24) is 45.2 Å². The Kier molecular flexibility index (Phi) is 9.13. The van der Waals surface area contributed by atoms with Crippen molar-refractivity contribution in [3.63, 3.8) is 0 Å². The van der Waals surface area contributed by atoms with E-state index in [2.05, 4.69) is 25.5 Å². The number of hydrogen-bond donors (Lipinski definition) is 2. The Bertz CT molecular complexity index is 2110. The average Bonchev–Trinajstić information content (AvgIpc) is 3.97. The van der Waals surface area contributed by atoms with Gasteiger partial charge in [-0.05, 0) is 66.0 Å². The molecule has 54 heavy (non-hydrogen) atoms. The number of carbonyl (C=O) groups is 2. The topological polar surface area (TPSA) is 171 Å². The third kappa shape index (κ3) is 6.96. The fourth-order valence-electron chi connectivity index (χ4n) is 6.56. The molecule has 286 valence electrons. The molecule has 0 spiro atoms. The molecule has 2 saturated carbocycles. The largest absolute Gasteiger partial charge is 0.447 e. The number of rotatable bonds is 11. The number of guanidine groups is 1. The quantitative estimate of drug-likeness (QED) is 0.169. The van der Waals surface area contributed by atoms with E-state index in [4.69, 9.17) is 27.1 Å². The van der Waals surface area contributed by atoms with Gasteiger partial charge in [0.1, 0.15) is 18.5 Å². The number of benzene rings is 2. The third-order valence-electron chi connectivity index (χ3n) is 9.50. The second-order valence-electron chi connectivity index (χ2n) is 14.8. The first-order chi connectivity index (χ1) is 25.4. The highest BCUT2D eigenvalue weighted by molar-refractivity contribution is 6.32. The Morgan fingerprint density at radius 3 is 2.43 bits per heavy atom. The number of alkyl carbamates (subject to hydrolysis) is 1. The number of nitrogens with one attached hydrogen (secondary N) is 1. The molecule has 0 unspecified atom stereocenters. The molecule has 2 aromatic carbocycles. The van der Waals surface area contributed by atoms with Crippen LogP contribution >= 0.6 is 11.6 Å². The van der Waals surface area contributed by atoms with Crippen molar-refractivity contribution < 1.29 is 36.3 Å². The second-order valence-corrected chi connectivity index (χ2v) is 15.3. The van der Waals surface area contributed by atoms with Gasteiger partial charge >= 0.3 is 12.3 Å². The van der Waals surface area contributed by atoms with Crippen LogP contribution in [0.4, 0.5) is 26.7 Å². The highest BCUT2D eigenvalue weighted by Gasteiger charge is 2.64. The lowest BCUT2D eigenvalue weighted by Crippen LogP contribution is -2.50. The summed E-state index contributed by atoms with van der Waals surface area (Å²) >= 11 is 6.43. The third-order valence-corrected chi connectivity index (χ3v) is 9.82. The number of aromatic nitrogens is 7. The van der Waals surface area contributed by atoms with Crippen LogP contribution in [0.3, 0.4) is 0 Å². The molecule has 14 nitrogen and oxygen atoms in total. The van der Waals surface area contributed by atoms with E-state index in [9.17, 15) is 31.5 Å². The predicted molar refractivity (Wildman–Crippen MR) is 182 cm³/mol. The van der Waals surface area contributed by atoms with Crippen LogP contribution in [-0.2, 0) is 15.1 Å². The molecule has 2 atom stereocenters. The molecular formula is C34H35ClF5N11O3. The van der Waals surface area contributed by atoms with Crippen LogP contribution in [0, 0.1) is 5.41 Å². The van der Waals surface area contributed by atoms with E-state index in [1.54, 1.807) is 29.1 Å². The molecule has 2 aromatic heterocycles. The molecule has 3 heterocycles. The van der Waals surface area contributed by atoms with Crippen LogP contribution in [0.15, 0.2) is 53.8 Å². The lowest BCUT2D eigenvalue weighted by Gasteiger charge is -2.35. The van der Waals surface area contributed by atoms with Gasteiger partial charge in [0.15, 0.2) is 17.3 Å². The highest BCUT2D eigenvalue weighted by atomic mass is 35.5. The van der Waals surface area contributed by atoms with E-state index in [0.717, 1.165) is 28.8 Å². The number of ether oxygens (including phenoxy) is 1. The first-order valence-corrected chi connectivity index (χ1v) is 17.4. The number of tetrazole rings is 1. The van der Waals surface area contributed by atoms with Crippen molar-refractivity contribution in [2.24, 2.45) is 16.1 Å². The van der Waals surface area contributed by atoms with Crippen LogP contribution in [0.2, 0.25) is 5.02 Å². The minimum atomic E-state index is -4.72. The van der Waals surface area contributed by atoms with Gasteiger partial charge in [-0.3, -0.25) is 9.69 Å². The van der Waals surface area contributed by atoms with Gasteiger partial charge in [0, 0.05) is 5.56 Å². The number of nitrogens with two attached hydrogens (primary N) is 1. The zero-order valence-electron chi connectivity index (χ0n) is 29.2. The summed E-state index contributed by atoms with van der Waals surface area (Å²) in [4.78, 5) is 38.8. The van der Waals surface area contributed by atoms with Crippen molar-refractivity contribution in [3.05, 3.63) is 70.8 Å². The number of amides is 2. The van der Waals surface area contributed by atoms with E-state index in [1.165, 1.54) is 18.2 Å². The zero-order valence-corrected chi connectivity index (χ0v) is 29.9. The smallest absolute Gasteiger partial charge is 0.411 e. The standard InChI is InChI=1S/C34H35ClF5N11O3/c1-31(2,3)16-33(20-7-4-18(5-8-20)26-46-48-51(47-26)21-9-10-21)28(52)49(29(41)44-33)24(15-54-30(53)45-32(12-13-32)34(38,39)40)19-6-11-22(35)23(14-19)50-27(25(36)37)42-17-43-50/h4-8,11,14,17,21,24-25H,9-10,12-13,15-16H2,1-3H3,(H2,41,44)(H,45,53)/t24-,33-/m1/s1. The van der Waals surface area contributed by atoms with E-state index < -0.39 is 59.6 Å². The van der Waals surface area contributed by atoms with Gasteiger partial charge in [0.25, 0.3) is 12.3 Å². The molecule has 4 aromatic rings. The van der Waals surface area contributed by atoms with Crippen LogP contribution in [-0.4, -0.2) is 76.2 Å². The first kappa shape index (κ1) is 37.1. The molecule has 7 rings (SSSR count). The molecule has 2 aliphatic carbocycles. The van der Waals surface area contributed by atoms with E-state index in [0.29, 0.717) is 17.0 Å². The molecule has 3 N–H and O–H groups in total. The van der Waals surface area contributed by atoms with Gasteiger partial charge in [0.2, 0.25) is 5.82 Å². The summed E-state index contributed by atoms with van der Waals surface area (Å²) in [6.07, 6.45) is -6.78. The second kappa shape index (κ2) is 13.3.